The van der Waals surface area contributed by atoms with Crippen molar-refractivity contribution in [3.8, 4) is 0 Å². The van der Waals surface area contributed by atoms with Gasteiger partial charge in [-0.2, -0.15) is 0 Å². The molecule has 1 aromatic rings. The third kappa shape index (κ3) is 2.64. The molecule has 2 rings (SSSR count). The van der Waals surface area contributed by atoms with Gasteiger partial charge >= 0.3 is 0 Å². The number of para-hydroxylation sites is 1. The molecule has 86 valence electrons. The Morgan fingerprint density at radius 3 is 3.25 bits per heavy atom. The van der Waals surface area contributed by atoms with Crippen LogP contribution < -0.4 is 10.6 Å². The van der Waals surface area contributed by atoms with Crippen LogP contribution >= 0.6 is 0 Å². The van der Waals surface area contributed by atoms with Crippen LogP contribution in [0.25, 0.3) is 0 Å². The number of hydrogen-bond acceptors (Lipinski definition) is 2. The van der Waals surface area contributed by atoms with Crippen LogP contribution in [0.3, 0.4) is 0 Å². The van der Waals surface area contributed by atoms with E-state index < -0.39 is 0 Å². The number of aryl methyl sites for hydroxylation is 1. The van der Waals surface area contributed by atoms with E-state index in [9.17, 15) is 0 Å². The highest BCUT2D eigenvalue weighted by atomic mass is 14.9. The van der Waals surface area contributed by atoms with Crippen LogP contribution in [0.15, 0.2) is 30.9 Å². The highest BCUT2D eigenvalue weighted by Crippen LogP contribution is 2.25. The lowest BCUT2D eigenvalue weighted by Crippen LogP contribution is -2.18. The zero-order valence-corrected chi connectivity index (χ0v) is 9.76. The predicted octanol–water partition coefficient (Wildman–Crippen LogP) is 2.71. The third-order valence-corrected chi connectivity index (χ3v) is 3.00. The van der Waals surface area contributed by atoms with Gasteiger partial charge in [0.25, 0.3) is 0 Å². The van der Waals surface area contributed by atoms with Gasteiger partial charge in [-0.1, -0.05) is 24.3 Å². The largest absolute Gasteiger partial charge is 0.385 e. The molecular weight excluding hydrogens is 196 g/mol. The molecule has 0 amide bonds. The van der Waals surface area contributed by atoms with Gasteiger partial charge in [0.05, 0.1) is 0 Å². The molecule has 0 radical (unpaired) electrons. The summed E-state index contributed by atoms with van der Waals surface area (Å²) >= 11 is 0. The maximum absolute atomic E-state index is 3.72. The van der Waals surface area contributed by atoms with E-state index in [0.29, 0.717) is 0 Å². The van der Waals surface area contributed by atoms with Crippen LogP contribution in [0.1, 0.15) is 24.0 Å². The molecule has 0 atom stereocenters. The van der Waals surface area contributed by atoms with Gasteiger partial charge in [0.2, 0.25) is 0 Å². The Balaban J connectivity index is 2.00. The van der Waals surface area contributed by atoms with Gasteiger partial charge in [-0.05, 0) is 36.9 Å². The first kappa shape index (κ1) is 11.2. The fraction of sp³-hybridized carbons (Fsp3) is 0.429. The first-order valence-electron chi connectivity index (χ1n) is 6.08. The number of hydrogen-bond donors (Lipinski definition) is 2. The molecule has 1 heterocycles. The lowest BCUT2D eigenvalue weighted by atomic mass is 9.99. The summed E-state index contributed by atoms with van der Waals surface area (Å²) < 4.78 is 0. The van der Waals surface area contributed by atoms with Gasteiger partial charge < -0.3 is 10.6 Å². The van der Waals surface area contributed by atoms with Crippen molar-refractivity contribution >= 4 is 5.69 Å². The quantitative estimate of drug-likeness (QED) is 0.584. The smallest absolute Gasteiger partial charge is 0.0418 e. The average Bonchev–Trinajstić information content (AvgIpc) is 2.35. The summed E-state index contributed by atoms with van der Waals surface area (Å²) in [6, 6.07) is 6.60. The summed E-state index contributed by atoms with van der Waals surface area (Å²) in [5.41, 5.74) is 4.22. The molecule has 0 fully saturated rings. The molecule has 1 aliphatic rings. The molecular formula is C14H20N2. The van der Waals surface area contributed by atoms with Crippen molar-refractivity contribution in [2.45, 2.75) is 25.8 Å². The summed E-state index contributed by atoms with van der Waals surface area (Å²) in [5, 5.41) is 6.95. The van der Waals surface area contributed by atoms with Crippen LogP contribution in [-0.2, 0) is 13.0 Å². The zero-order chi connectivity index (χ0) is 11.2. The lowest BCUT2D eigenvalue weighted by Gasteiger charge is -2.21. The van der Waals surface area contributed by atoms with Crippen molar-refractivity contribution in [2.75, 3.05) is 18.4 Å². The van der Waals surface area contributed by atoms with E-state index in [1.54, 1.807) is 0 Å². The second-order valence-electron chi connectivity index (χ2n) is 4.24. The van der Waals surface area contributed by atoms with Gasteiger partial charge in [0.1, 0.15) is 0 Å². The van der Waals surface area contributed by atoms with E-state index in [0.717, 1.165) is 26.1 Å². The summed E-state index contributed by atoms with van der Waals surface area (Å²) in [6.07, 6.45) is 5.44. The molecule has 1 aromatic carbocycles. The maximum atomic E-state index is 3.72. The van der Waals surface area contributed by atoms with Crippen molar-refractivity contribution in [1.29, 1.82) is 0 Å². The Morgan fingerprint density at radius 1 is 1.44 bits per heavy atom. The minimum absolute atomic E-state index is 0.948. The van der Waals surface area contributed by atoms with Gasteiger partial charge in [-0.15, -0.1) is 6.58 Å². The molecule has 2 nitrogen and oxygen atoms in total. The van der Waals surface area contributed by atoms with E-state index in [1.165, 1.54) is 29.7 Å². The average molecular weight is 216 g/mol. The first-order chi connectivity index (χ1) is 7.92. The van der Waals surface area contributed by atoms with E-state index in [1.807, 2.05) is 6.08 Å². The van der Waals surface area contributed by atoms with Crippen LogP contribution in [-0.4, -0.2) is 13.1 Å². The standard InChI is InChI=1S/C14H20N2/c1-2-3-9-15-11-13-7-4-6-12-8-5-10-16-14(12)13/h2,4,6-7,15-16H,1,3,5,8-11H2. The molecule has 0 unspecified atom stereocenters. The lowest BCUT2D eigenvalue weighted by molar-refractivity contribution is 0.693. The molecule has 2 N–H and O–H groups in total. The van der Waals surface area contributed by atoms with E-state index >= 15 is 0 Å². The Bertz CT molecular complexity index is 358. The van der Waals surface area contributed by atoms with Gasteiger partial charge in [-0.3, -0.25) is 0 Å². The molecule has 0 saturated heterocycles. The molecule has 0 spiro atoms. The molecule has 0 aromatic heterocycles. The van der Waals surface area contributed by atoms with E-state index in [2.05, 4.69) is 35.4 Å². The van der Waals surface area contributed by atoms with Crippen LogP contribution in [0, 0.1) is 0 Å². The fourth-order valence-corrected chi connectivity index (χ4v) is 2.16. The highest BCUT2D eigenvalue weighted by molar-refractivity contribution is 5.59. The summed E-state index contributed by atoms with van der Waals surface area (Å²) in [5.74, 6) is 0. The monoisotopic (exact) mass is 216 g/mol. The number of fused-ring (bicyclic) bond motifs is 1. The third-order valence-electron chi connectivity index (χ3n) is 3.00. The molecule has 0 bridgehead atoms. The van der Waals surface area contributed by atoms with Crippen molar-refractivity contribution in [3.63, 3.8) is 0 Å². The van der Waals surface area contributed by atoms with Gasteiger partial charge in [0, 0.05) is 18.8 Å². The number of anilines is 1. The minimum atomic E-state index is 0.948. The summed E-state index contributed by atoms with van der Waals surface area (Å²) in [7, 11) is 0. The van der Waals surface area contributed by atoms with Gasteiger partial charge in [-0.25, -0.2) is 0 Å². The second kappa shape index (κ2) is 5.71. The molecule has 0 saturated carbocycles. The van der Waals surface area contributed by atoms with Crippen LogP contribution in [0.5, 0.6) is 0 Å². The van der Waals surface area contributed by atoms with Crippen molar-refractivity contribution in [1.82, 2.24) is 5.32 Å². The van der Waals surface area contributed by atoms with Crippen molar-refractivity contribution in [2.24, 2.45) is 0 Å². The molecule has 2 heteroatoms. The Kier molecular flexibility index (Phi) is 4.00. The molecule has 16 heavy (non-hydrogen) atoms. The maximum Gasteiger partial charge on any atom is 0.0418 e. The number of nitrogens with one attached hydrogen (secondary N) is 2. The Hall–Kier alpha value is -1.28. The van der Waals surface area contributed by atoms with Gasteiger partial charge in [0.15, 0.2) is 0 Å². The van der Waals surface area contributed by atoms with Crippen molar-refractivity contribution in [3.05, 3.63) is 42.0 Å². The zero-order valence-electron chi connectivity index (χ0n) is 9.76. The summed E-state index contributed by atoms with van der Waals surface area (Å²) in [4.78, 5) is 0. The normalized spacial score (nSPS) is 14.0. The summed E-state index contributed by atoms with van der Waals surface area (Å²) in [6.45, 7) is 6.79. The van der Waals surface area contributed by atoms with Crippen LogP contribution in [0.2, 0.25) is 0 Å². The highest BCUT2D eigenvalue weighted by Gasteiger charge is 2.11. The first-order valence-corrected chi connectivity index (χ1v) is 6.08. The van der Waals surface area contributed by atoms with Crippen molar-refractivity contribution < 1.29 is 0 Å². The Labute approximate surface area is 97.8 Å². The van der Waals surface area contributed by atoms with Crippen LogP contribution in [0.4, 0.5) is 5.69 Å². The second-order valence-corrected chi connectivity index (χ2v) is 4.24. The number of rotatable bonds is 5. The molecule has 1 aliphatic heterocycles. The SMILES string of the molecule is C=CCCNCc1cccc2c1NCCC2. The topological polar surface area (TPSA) is 24.1 Å². The van der Waals surface area contributed by atoms with E-state index in [4.69, 9.17) is 0 Å². The Morgan fingerprint density at radius 2 is 2.38 bits per heavy atom. The molecule has 0 aliphatic carbocycles. The van der Waals surface area contributed by atoms with E-state index in [-0.39, 0.29) is 0 Å². The predicted molar refractivity (Wildman–Crippen MR) is 69.8 cm³/mol. The number of benzene rings is 1. The fourth-order valence-electron chi connectivity index (χ4n) is 2.16. The minimum Gasteiger partial charge on any atom is -0.385 e.